The molecule has 0 fully saturated rings. The van der Waals surface area contributed by atoms with Crippen molar-refractivity contribution in [2.75, 3.05) is 0 Å². The van der Waals surface area contributed by atoms with Crippen LogP contribution < -0.4 is 10.9 Å². The Morgan fingerprint density at radius 3 is 2.63 bits per heavy atom. The molecule has 0 bridgehead atoms. The smallest absolute Gasteiger partial charge is 0.274 e. The van der Waals surface area contributed by atoms with Crippen LogP contribution in [0.3, 0.4) is 0 Å². The molecule has 8 heteroatoms. The first-order valence-corrected chi connectivity index (χ1v) is 9.59. The van der Waals surface area contributed by atoms with Crippen LogP contribution in [0.4, 0.5) is 0 Å². The predicted octanol–water partition coefficient (Wildman–Crippen LogP) is 2.30. The zero-order chi connectivity index (χ0) is 21.1. The van der Waals surface area contributed by atoms with Crippen molar-refractivity contribution in [3.05, 3.63) is 87.4 Å². The lowest BCUT2D eigenvalue weighted by atomic mass is 10.1. The molecule has 4 aromatic rings. The van der Waals surface area contributed by atoms with Crippen molar-refractivity contribution < 1.29 is 9.32 Å². The number of amides is 1. The minimum atomic E-state index is -0.180. The molecule has 0 unspecified atom stereocenters. The number of carbonyl (C=O) groups excluding carboxylic acids is 1. The summed E-state index contributed by atoms with van der Waals surface area (Å²) in [6.45, 7) is 4.10. The van der Waals surface area contributed by atoms with E-state index in [9.17, 15) is 9.59 Å². The Kier molecular flexibility index (Phi) is 5.38. The van der Waals surface area contributed by atoms with Gasteiger partial charge in [-0.1, -0.05) is 29.4 Å². The highest BCUT2D eigenvalue weighted by molar-refractivity contribution is 5.84. The van der Waals surface area contributed by atoms with Gasteiger partial charge >= 0.3 is 0 Å². The van der Waals surface area contributed by atoms with E-state index in [2.05, 4.69) is 20.6 Å². The Morgan fingerprint density at radius 1 is 1.13 bits per heavy atom. The number of fused-ring (bicyclic) bond motifs is 1. The van der Waals surface area contributed by atoms with E-state index >= 15 is 0 Å². The first kappa shape index (κ1) is 19.5. The minimum Gasteiger partial charge on any atom is -0.361 e. The fourth-order valence-electron chi connectivity index (χ4n) is 3.37. The molecule has 0 spiro atoms. The number of aryl methyl sites for hydroxylation is 2. The molecule has 152 valence electrons. The van der Waals surface area contributed by atoms with Gasteiger partial charge in [0, 0.05) is 23.3 Å². The maximum Gasteiger partial charge on any atom is 0.274 e. The van der Waals surface area contributed by atoms with Gasteiger partial charge in [0.25, 0.3) is 5.56 Å². The largest absolute Gasteiger partial charge is 0.361 e. The van der Waals surface area contributed by atoms with Crippen molar-refractivity contribution in [1.29, 1.82) is 0 Å². The lowest BCUT2D eigenvalue weighted by Crippen LogP contribution is -2.29. The van der Waals surface area contributed by atoms with Gasteiger partial charge in [-0.15, -0.1) is 0 Å². The SMILES string of the molecule is Cc1noc(C)c1CC(=O)NCc1nn(Cc2cccnc2)c(=O)c2ccccc12. The molecule has 8 nitrogen and oxygen atoms in total. The summed E-state index contributed by atoms with van der Waals surface area (Å²) < 4.78 is 6.53. The van der Waals surface area contributed by atoms with Gasteiger partial charge < -0.3 is 9.84 Å². The quantitative estimate of drug-likeness (QED) is 0.530. The number of nitrogens with one attached hydrogen (secondary N) is 1. The van der Waals surface area contributed by atoms with Crippen LogP contribution in [-0.4, -0.2) is 25.8 Å². The van der Waals surface area contributed by atoms with Crippen LogP contribution in [0.5, 0.6) is 0 Å². The summed E-state index contributed by atoms with van der Waals surface area (Å²) in [5.41, 5.74) is 2.81. The Bertz CT molecular complexity index is 1240. The van der Waals surface area contributed by atoms with Gasteiger partial charge in [0.15, 0.2) is 0 Å². The van der Waals surface area contributed by atoms with Crippen LogP contribution in [-0.2, 0) is 24.3 Å². The number of pyridine rings is 1. The standard InChI is InChI=1S/C22H21N5O3/c1-14-19(15(2)30-26-14)10-21(28)24-12-20-17-7-3-4-8-18(17)22(29)27(25-20)13-16-6-5-9-23-11-16/h3-9,11H,10,12-13H2,1-2H3,(H,24,28). The molecule has 30 heavy (non-hydrogen) atoms. The first-order valence-electron chi connectivity index (χ1n) is 9.59. The van der Waals surface area contributed by atoms with Gasteiger partial charge in [-0.2, -0.15) is 5.10 Å². The van der Waals surface area contributed by atoms with E-state index in [4.69, 9.17) is 4.52 Å². The lowest BCUT2D eigenvalue weighted by molar-refractivity contribution is -0.120. The van der Waals surface area contributed by atoms with Crippen molar-refractivity contribution in [2.24, 2.45) is 0 Å². The highest BCUT2D eigenvalue weighted by atomic mass is 16.5. The number of rotatable bonds is 6. The molecule has 4 rings (SSSR count). The van der Waals surface area contributed by atoms with Crippen LogP contribution in [0, 0.1) is 13.8 Å². The van der Waals surface area contributed by atoms with Crippen molar-refractivity contribution in [3.8, 4) is 0 Å². The third-order valence-electron chi connectivity index (χ3n) is 4.97. The van der Waals surface area contributed by atoms with Gasteiger partial charge in [-0.25, -0.2) is 4.68 Å². The van der Waals surface area contributed by atoms with Crippen LogP contribution in [0.25, 0.3) is 10.8 Å². The van der Waals surface area contributed by atoms with Gasteiger partial charge in [0.1, 0.15) is 5.76 Å². The van der Waals surface area contributed by atoms with Crippen LogP contribution in [0.2, 0.25) is 0 Å². The third kappa shape index (κ3) is 3.98. The number of aromatic nitrogens is 4. The van der Waals surface area contributed by atoms with E-state index in [1.165, 1.54) is 4.68 Å². The topological polar surface area (TPSA) is 103 Å². The molecule has 1 aromatic carbocycles. The zero-order valence-corrected chi connectivity index (χ0v) is 16.8. The molecule has 0 saturated heterocycles. The Hall–Kier alpha value is -3.81. The van der Waals surface area contributed by atoms with Crippen molar-refractivity contribution in [3.63, 3.8) is 0 Å². The lowest BCUT2D eigenvalue weighted by Gasteiger charge is -2.12. The summed E-state index contributed by atoms with van der Waals surface area (Å²) in [6, 6.07) is 11.0. The van der Waals surface area contributed by atoms with E-state index in [1.807, 2.05) is 37.3 Å². The first-order chi connectivity index (χ1) is 14.5. The fourth-order valence-corrected chi connectivity index (χ4v) is 3.37. The zero-order valence-electron chi connectivity index (χ0n) is 16.8. The van der Waals surface area contributed by atoms with E-state index in [0.29, 0.717) is 29.1 Å². The van der Waals surface area contributed by atoms with E-state index < -0.39 is 0 Å². The Balaban J connectivity index is 1.60. The van der Waals surface area contributed by atoms with Crippen LogP contribution >= 0.6 is 0 Å². The molecule has 3 heterocycles. The summed E-state index contributed by atoms with van der Waals surface area (Å²) in [6.07, 6.45) is 3.56. The molecular formula is C22H21N5O3. The van der Waals surface area contributed by atoms with Gasteiger partial charge in [0.05, 0.1) is 36.3 Å². The normalized spacial score (nSPS) is 11.0. The molecule has 1 N–H and O–H groups in total. The van der Waals surface area contributed by atoms with Crippen LogP contribution in [0.1, 0.15) is 28.3 Å². The summed E-state index contributed by atoms with van der Waals surface area (Å²) in [4.78, 5) is 29.5. The maximum absolute atomic E-state index is 12.9. The average molecular weight is 403 g/mol. The number of benzene rings is 1. The number of hydrogen-bond acceptors (Lipinski definition) is 6. The van der Waals surface area contributed by atoms with E-state index in [-0.39, 0.29) is 24.4 Å². The Labute approximate surface area is 172 Å². The van der Waals surface area contributed by atoms with E-state index in [1.54, 1.807) is 25.4 Å². The molecule has 3 aromatic heterocycles. The molecule has 0 aliphatic carbocycles. The maximum atomic E-state index is 12.9. The molecular weight excluding hydrogens is 382 g/mol. The minimum absolute atomic E-state index is 0.166. The molecule has 0 atom stereocenters. The summed E-state index contributed by atoms with van der Waals surface area (Å²) in [5, 5.41) is 12.6. The second kappa shape index (κ2) is 8.28. The number of nitrogens with zero attached hydrogens (tertiary/aromatic N) is 4. The van der Waals surface area contributed by atoms with Crippen molar-refractivity contribution in [1.82, 2.24) is 25.2 Å². The van der Waals surface area contributed by atoms with Gasteiger partial charge in [-0.05, 0) is 31.5 Å². The predicted molar refractivity (Wildman–Crippen MR) is 111 cm³/mol. The van der Waals surface area contributed by atoms with Crippen molar-refractivity contribution >= 4 is 16.7 Å². The molecule has 0 radical (unpaired) electrons. The second-order valence-electron chi connectivity index (χ2n) is 7.07. The molecule has 0 aliphatic heterocycles. The molecule has 0 saturated carbocycles. The summed E-state index contributed by atoms with van der Waals surface area (Å²) in [5.74, 6) is 0.469. The van der Waals surface area contributed by atoms with E-state index in [0.717, 1.165) is 16.5 Å². The highest BCUT2D eigenvalue weighted by Gasteiger charge is 2.15. The van der Waals surface area contributed by atoms with Crippen molar-refractivity contribution in [2.45, 2.75) is 33.4 Å². The highest BCUT2D eigenvalue weighted by Crippen LogP contribution is 2.15. The summed E-state index contributed by atoms with van der Waals surface area (Å²) >= 11 is 0. The Morgan fingerprint density at radius 2 is 1.93 bits per heavy atom. The molecule has 1 amide bonds. The summed E-state index contributed by atoms with van der Waals surface area (Å²) in [7, 11) is 0. The number of carbonyl (C=O) groups is 1. The molecule has 0 aliphatic rings. The second-order valence-corrected chi connectivity index (χ2v) is 7.07. The third-order valence-corrected chi connectivity index (χ3v) is 4.97. The van der Waals surface area contributed by atoms with Gasteiger partial charge in [0.2, 0.25) is 5.91 Å². The monoisotopic (exact) mass is 403 g/mol. The van der Waals surface area contributed by atoms with Gasteiger partial charge in [-0.3, -0.25) is 14.6 Å². The average Bonchev–Trinajstić information content (AvgIpc) is 3.07. The van der Waals surface area contributed by atoms with Crippen LogP contribution in [0.15, 0.2) is 58.1 Å². The number of hydrogen-bond donors (Lipinski definition) is 1. The fraction of sp³-hybridized carbons (Fsp3) is 0.227.